The molecule has 0 aromatic heterocycles. The maximum Gasteiger partial charge on any atom is 0.00448 e. The van der Waals surface area contributed by atoms with E-state index < -0.39 is 0 Å². The number of nitrogens with two attached hydrogens (primary N) is 1. The molecule has 0 radical (unpaired) electrons. The van der Waals surface area contributed by atoms with Crippen LogP contribution in [-0.2, 0) is 5.41 Å². The average molecular weight is 217 g/mol. The molecule has 1 saturated carbocycles. The molecular formula is C15H23N. The molecule has 0 bridgehead atoms. The Balaban J connectivity index is 2.10. The molecule has 1 aromatic carbocycles. The lowest BCUT2D eigenvalue weighted by Crippen LogP contribution is -2.18. The number of rotatable bonds is 2. The van der Waals surface area contributed by atoms with Gasteiger partial charge < -0.3 is 5.73 Å². The first-order chi connectivity index (χ1) is 7.39. The highest BCUT2D eigenvalue weighted by Gasteiger charge is 2.40. The fourth-order valence-corrected chi connectivity index (χ4v) is 2.41. The Morgan fingerprint density at radius 1 is 1.19 bits per heavy atom. The first kappa shape index (κ1) is 11.7. The topological polar surface area (TPSA) is 26.0 Å². The van der Waals surface area contributed by atoms with Crippen molar-refractivity contribution in [1.82, 2.24) is 0 Å². The van der Waals surface area contributed by atoms with E-state index in [-0.39, 0.29) is 5.41 Å². The van der Waals surface area contributed by atoms with E-state index in [1.165, 1.54) is 17.5 Å². The Bertz CT molecular complexity index is 356. The van der Waals surface area contributed by atoms with Gasteiger partial charge in [0, 0.05) is 6.04 Å². The van der Waals surface area contributed by atoms with Gasteiger partial charge in [-0.15, -0.1) is 0 Å². The van der Waals surface area contributed by atoms with E-state index in [0.29, 0.717) is 17.9 Å². The van der Waals surface area contributed by atoms with Gasteiger partial charge in [-0.1, -0.05) is 45.0 Å². The van der Waals surface area contributed by atoms with Gasteiger partial charge in [0.05, 0.1) is 0 Å². The van der Waals surface area contributed by atoms with Crippen LogP contribution in [0.3, 0.4) is 0 Å². The lowest BCUT2D eigenvalue weighted by atomic mass is 9.86. The van der Waals surface area contributed by atoms with E-state index >= 15 is 0 Å². The highest BCUT2D eigenvalue weighted by Crippen LogP contribution is 2.49. The maximum atomic E-state index is 5.92. The van der Waals surface area contributed by atoms with E-state index in [1.54, 1.807) is 0 Å². The van der Waals surface area contributed by atoms with E-state index in [2.05, 4.69) is 52.0 Å². The quantitative estimate of drug-likeness (QED) is 0.807. The maximum absolute atomic E-state index is 5.92. The van der Waals surface area contributed by atoms with Crippen LogP contribution < -0.4 is 5.73 Å². The van der Waals surface area contributed by atoms with Crippen LogP contribution in [0.25, 0.3) is 0 Å². The summed E-state index contributed by atoms with van der Waals surface area (Å²) in [6.07, 6.45) is 1.27. The minimum atomic E-state index is 0.253. The fourth-order valence-electron chi connectivity index (χ4n) is 2.41. The highest BCUT2D eigenvalue weighted by molar-refractivity contribution is 5.32. The van der Waals surface area contributed by atoms with Crippen molar-refractivity contribution in [2.24, 2.45) is 11.7 Å². The van der Waals surface area contributed by atoms with Crippen molar-refractivity contribution in [3.05, 3.63) is 35.4 Å². The van der Waals surface area contributed by atoms with Crippen LogP contribution in [0.5, 0.6) is 0 Å². The van der Waals surface area contributed by atoms with Crippen molar-refractivity contribution < 1.29 is 0 Å². The Morgan fingerprint density at radius 3 is 2.12 bits per heavy atom. The third-order valence-electron chi connectivity index (χ3n) is 3.72. The van der Waals surface area contributed by atoms with E-state index in [1.807, 2.05) is 0 Å². The minimum Gasteiger partial charge on any atom is -0.328 e. The number of benzene rings is 1. The zero-order valence-electron chi connectivity index (χ0n) is 10.8. The second kappa shape index (κ2) is 3.89. The Morgan fingerprint density at radius 2 is 1.75 bits per heavy atom. The number of hydrogen-bond acceptors (Lipinski definition) is 1. The lowest BCUT2D eigenvalue weighted by molar-refractivity contribution is 0.589. The third kappa shape index (κ3) is 2.30. The standard InChI is InChI=1S/C15H23N/c1-10(16)13-9-14(13)11-5-7-12(8-6-11)15(2,3)4/h5-8,10,13-14H,9,16H2,1-4H3. The largest absolute Gasteiger partial charge is 0.328 e. The summed E-state index contributed by atoms with van der Waals surface area (Å²) >= 11 is 0. The third-order valence-corrected chi connectivity index (χ3v) is 3.72. The molecule has 0 heterocycles. The van der Waals surface area contributed by atoms with Gasteiger partial charge in [0.25, 0.3) is 0 Å². The molecule has 1 aliphatic rings. The zero-order valence-corrected chi connectivity index (χ0v) is 10.8. The van der Waals surface area contributed by atoms with Crippen LogP contribution in [0.2, 0.25) is 0 Å². The Kier molecular flexibility index (Phi) is 2.83. The van der Waals surface area contributed by atoms with Crippen LogP contribution in [0.1, 0.15) is 51.2 Å². The van der Waals surface area contributed by atoms with E-state index in [4.69, 9.17) is 5.73 Å². The molecule has 0 amide bonds. The predicted octanol–water partition coefficient (Wildman–Crippen LogP) is 3.43. The predicted molar refractivity (Wildman–Crippen MR) is 69.6 cm³/mol. The van der Waals surface area contributed by atoms with E-state index in [0.717, 1.165) is 0 Å². The molecule has 1 heteroatoms. The second-order valence-electron chi connectivity index (χ2n) is 6.24. The van der Waals surface area contributed by atoms with Gasteiger partial charge in [-0.3, -0.25) is 0 Å². The highest BCUT2D eigenvalue weighted by atomic mass is 14.7. The van der Waals surface area contributed by atoms with Crippen molar-refractivity contribution in [3.63, 3.8) is 0 Å². The van der Waals surface area contributed by atoms with Crippen LogP contribution in [0.15, 0.2) is 24.3 Å². The zero-order chi connectivity index (χ0) is 11.9. The molecule has 2 rings (SSSR count). The molecule has 2 N–H and O–H groups in total. The molecule has 1 nitrogen and oxygen atoms in total. The summed E-state index contributed by atoms with van der Waals surface area (Å²) < 4.78 is 0. The van der Waals surface area contributed by atoms with Crippen molar-refractivity contribution in [2.75, 3.05) is 0 Å². The summed E-state index contributed by atoms with van der Waals surface area (Å²) in [7, 11) is 0. The summed E-state index contributed by atoms with van der Waals surface area (Å²) in [5, 5.41) is 0. The molecule has 0 aliphatic heterocycles. The van der Waals surface area contributed by atoms with Gasteiger partial charge in [0.15, 0.2) is 0 Å². The smallest absolute Gasteiger partial charge is 0.00448 e. The number of hydrogen-bond donors (Lipinski definition) is 1. The summed E-state index contributed by atoms with van der Waals surface area (Å²) in [5.41, 5.74) is 9.06. The molecule has 3 unspecified atom stereocenters. The minimum absolute atomic E-state index is 0.253. The Labute approximate surface area is 99.0 Å². The summed E-state index contributed by atoms with van der Waals surface area (Å²) in [6, 6.07) is 9.45. The lowest BCUT2D eigenvalue weighted by Gasteiger charge is -2.19. The Hall–Kier alpha value is -0.820. The van der Waals surface area contributed by atoms with E-state index in [9.17, 15) is 0 Å². The van der Waals surface area contributed by atoms with Crippen molar-refractivity contribution in [2.45, 2.75) is 51.5 Å². The van der Waals surface area contributed by atoms with Gasteiger partial charge in [0.1, 0.15) is 0 Å². The fraction of sp³-hybridized carbons (Fsp3) is 0.600. The molecule has 1 aliphatic carbocycles. The van der Waals surface area contributed by atoms with Crippen LogP contribution in [0, 0.1) is 5.92 Å². The summed E-state index contributed by atoms with van der Waals surface area (Å²) in [6.45, 7) is 8.88. The first-order valence-corrected chi connectivity index (χ1v) is 6.25. The molecule has 88 valence electrons. The molecule has 3 atom stereocenters. The molecule has 0 saturated heterocycles. The van der Waals surface area contributed by atoms with Crippen molar-refractivity contribution >= 4 is 0 Å². The van der Waals surface area contributed by atoms with Crippen LogP contribution in [0.4, 0.5) is 0 Å². The van der Waals surface area contributed by atoms with Crippen LogP contribution >= 0.6 is 0 Å². The van der Waals surface area contributed by atoms with Gasteiger partial charge in [-0.2, -0.15) is 0 Å². The van der Waals surface area contributed by atoms with Crippen molar-refractivity contribution in [1.29, 1.82) is 0 Å². The molecule has 0 spiro atoms. The van der Waals surface area contributed by atoms with Gasteiger partial charge in [-0.05, 0) is 41.7 Å². The van der Waals surface area contributed by atoms with Crippen LogP contribution in [-0.4, -0.2) is 6.04 Å². The summed E-state index contributed by atoms with van der Waals surface area (Å²) in [4.78, 5) is 0. The monoisotopic (exact) mass is 217 g/mol. The normalized spacial score (nSPS) is 26.6. The average Bonchev–Trinajstić information content (AvgIpc) is 2.96. The second-order valence-corrected chi connectivity index (χ2v) is 6.24. The molecule has 1 aromatic rings. The van der Waals surface area contributed by atoms with Gasteiger partial charge >= 0.3 is 0 Å². The van der Waals surface area contributed by atoms with Gasteiger partial charge in [0.2, 0.25) is 0 Å². The molecule has 16 heavy (non-hydrogen) atoms. The van der Waals surface area contributed by atoms with Gasteiger partial charge in [-0.25, -0.2) is 0 Å². The molecular weight excluding hydrogens is 194 g/mol. The molecule has 1 fully saturated rings. The van der Waals surface area contributed by atoms with Crippen molar-refractivity contribution in [3.8, 4) is 0 Å². The first-order valence-electron chi connectivity index (χ1n) is 6.25. The summed E-state index contributed by atoms with van der Waals surface area (Å²) in [5.74, 6) is 1.43. The SMILES string of the molecule is CC(N)C1CC1c1ccc(C(C)(C)C)cc1.